The van der Waals surface area contributed by atoms with E-state index in [4.69, 9.17) is 4.74 Å². The summed E-state index contributed by atoms with van der Waals surface area (Å²) in [6.45, 7) is 4.66. The zero-order valence-corrected chi connectivity index (χ0v) is 25.3. The van der Waals surface area contributed by atoms with Crippen LogP contribution in [0.3, 0.4) is 0 Å². The molecule has 0 spiro atoms. The monoisotopic (exact) mass is 611 g/mol. The zero-order valence-electron chi connectivity index (χ0n) is 22.8. The fraction of sp³-hybridized carbons (Fsp3) is 0.846. The van der Waals surface area contributed by atoms with Gasteiger partial charge in [-0.3, -0.25) is 30.9 Å². The van der Waals surface area contributed by atoms with Crippen molar-refractivity contribution in [3.05, 3.63) is 11.1 Å². The number of morpholine rings is 1. The minimum Gasteiger partial charge on any atom is -0.378 e. The fourth-order valence-electron chi connectivity index (χ4n) is 7.27. The Bertz CT molecular complexity index is 1000. The second kappa shape index (κ2) is 12.2. The lowest BCUT2D eigenvalue weighted by atomic mass is 9.90. The van der Waals surface area contributed by atoms with Gasteiger partial charge in [-0.15, -0.1) is 35.3 Å². The number of fused-ring (bicyclic) bond motifs is 2. The smallest absolute Gasteiger partial charge is 0.227 e. The van der Waals surface area contributed by atoms with E-state index >= 15 is 0 Å². The van der Waals surface area contributed by atoms with Crippen molar-refractivity contribution in [1.82, 2.24) is 36.8 Å². The molecule has 6 aliphatic heterocycles. The number of rotatable bonds is 6. The van der Waals surface area contributed by atoms with Gasteiger partial charge >= 0.3 is 0 Å². The Morgan fingerprint density at radius 1 is 1.07 bits per heavy atom. The molecule has 0 aromatic carbocycles. The van der Waals surface area contributed by atoms with Gasteiger partial charge in [-0.2, -0.15) is 0 Å². The van der Waals surface area contributed by atoms with Crippen LogP contribution in [0.25, 0.3) is 0 Å². The van der Waals surface area contributed by atoms with Crippen molar-refractivity contribution >= 4 is 47.0 Å². The highest BCUT2D eigenvalue weighted by Crippen LogP contribution is 2.50. The van der Waals surface area contributed by atoms with Gasteiger partial charge in [0.15, 0.2) is 5.78 Å². The molecule has 6 fully saturated rings. The van der Waals surface area contributed by atoms with Crippen molar-refractivity contribution in [3.63, 3.8) is 0 Å². The van der Waals surface area contributed by atoms with E-state index in [0.29, 0.717) is 24.5 Å². The van der Waals surface area contributed by atoms with Crippen LogP contribution in [-0.2, 0) is 14.3 Å². The number of nitrogens with zero attached hydrogens (tertiary/aromatic N) is 1. The molecular weight excluding hydrogens is 569 g/mol. The Balaban J connectivity index is 0.985. The maximum atomic E-state index is 13.1. The predicted molar refractivity (Wildman–Crippen MR) is 159 cm³/mol. The summed E-state index contributed by atoms with van der Waals surface area (Å²) < 4.78 is 5.53. The summed E-state index contributed by atoms with van der Waals surface area (Å²) in [5.74, 6) is 1.63. The Hall–Kier alpha value is -0.550. The normalized spacial score (nSPS) is 45.7. The quantitative estimate of drug-likeness (QED) is 0.182. The van der Waals surface area contributed by atoms with Gasteiger partial charge < -0.3 is 26.0 Å². The lowest BCUT2D eigenvalue weighted by molar-refractivity contribution is -0.431. The lowest BCUT2D eigenvalue weighted by Gasteiger charge is -2.42. The van der Waals surface area contributed by atoms with E-state index in [1.165, 1.54) is 19.3 Å². The van der Waals surface area contributed by atoms with Crippen LogP contribution in [0.5, 0.6) is 0 Å². The first-order valence-electron chi connectivity index (χ1n) is 14.9. The van der Waals surface area contributed by atoms with E-state index in [9.17, 15) is 9.59 Å². The molecule has 9 unspecified atom stereocenters. The van der Waals surface area contributed by atoms with Crippen molar-refractivity contribution < 1.29 is 20.1 Å². The number of carbonyl (C=O) groups excluding carboxylic acids is 2. The third-order valence-electron chi connectivity index (χ3n) is 9.49. The summed E-state index contributed by atoms with van der Waals surface area (Å²) in [4.78, 5) is 28.2. The van der Waals surface area contributed by atoms with Crippen molar-refractivity contribution in [2.75, 3.05) is 45.1 Å². The van der Waals surface area contributed by atoms with Gasteiger partial charge in [0.1, 0.15) is 6.29 Å². The number of quaternary nitrogens is 1. The first-order valence-corrected chi connectivity index (χ1v) is 17.8. The first-order chi connectivity index (χ1) is 19.5. The molecule has 1 aliphatic carbocycles. The Labute approximate surface area is 248 Å². The minimum atomic E-state index is -0.154. The van der Waals surface area contributed by atoms with Gasteiger partial charge in [-0.25, -0.2) is 0 Å². The van der Waals surface area contributed by atoms with Crippen molar-refractivity contribution in [1.29, 1.82) is 0 Å². The zero-order chi connectivity index (χ0) is 27.2. The maximum Gasteiger partial charge on any atom is 0.227 e. The molecule has 40 heavy (non-hydrogen) atoms. The third-order valence-corrected chi connectivity index (χ3v) is 14.1. The number of carbonyl (C=O) groups is 2. The molecule has 0 aromatic heterocycles. The summed E-state index contributed by atoms with van der Waals surface area (Å²) in [7, 11) is 0. The Morgan fingerprint density at radius 2 is 1.93 bits per heavy atom. The molecule has 5 saturated heterocycles. The first kappa shape index (κ1) is 28.2. The number of amides is 1. The summed E-state index contributed by atoms with van der Waals surface area (Å²) in [6.07, 6.45) is 6.51. The van der Waals surface area contributed by atoms with Crippen molar-refractivity contribution in [2.45, 2.75) is 77.5 Å². The number of hydrogen-bond acceptors (Lipinski definition) is 12. The molecule has 1 saturated carbocycles. The second-order valence-electron chi connectivity index (χ2n) is 12.0. The van der Waals surface area contributed by atoms with E-state index in [1.54, 1.807) is 0 Å². The standard InChI is InChI=1S/C26H42N8O3S3/c27-14-3-1-2-4-15(14)30-26-31-16-10-28-24(36)20(16)23(33-26)32-18-11-29-25(39-18)13-12-38-22-17(35)9-19(40-21(13)22)34-5-7-37-8-6-34/h9,13-16,18,20-23,25-26,29-33H,1-8,10-12,27H2,(H,28,36)/p+1/t13?,14-,15+,16?,18?,20?,21?,22?,23?,25?,26?/m1/s1. The van der Waals surface area contributed by atoms with E-state index < -0.39 is 0 Å². The number of ether oxygens (including phenoxy) is 1. The lowest BCUT2D eigenvalue weighted by Crippen LogP contribution is -2.77. The largest absolute Gasteiger partial charge is 0.378 e. The SMILES string of the molecule is [NH3+][C@@H]1CCCC[C@@H]1NC1NC2CNC(=O)C2C(NC2CNC(C3CSC4C(=O)C=C(N5CCOCC5)SC43)S2)N1. The van der Waals surface area contributed by atoms with E-state index in [2.05, 4.69) is 42.5 Å². The van der Waals surface area contributed by atoms with Gasteiger partial charge in [0, 0.05) is 61.6 Å². The van der Waals surface area contributed by atoms with Gasteiger partial charge in [-0.1, -0.05) is 6.42 Å². The number of nitrogens with one attached hydrogen (secondary N) is 6. The van der Waals surface area contributed by atoms with Crippen LogP contribution in [0.4, 0.5) is 0 Å². The maximum absolute atomic E-state index is 13.1. The Kier molecular flexibility index (Phi) is 8.62. The van der Waals surface area contributed by atoms with Gasteiger partial charge in [0.05, 0.1) is 58.4 Å². The van der Waals surface area contributed by atoms with Gasteiger partial charge in [-0.05, 0) is 12.8 Å². The average molecular weight is 612 g/mol. The molecular formula is C26H43N8O3S3+. The van der Waals surface area contributed by atoms with Crippen LogP contribution >= 0.6 is 35.3 Å². The summed E-state index contributed by atoms with van der Waals surface area (Å²) in [5.41, 5.74) is 4.39. The molecule has 9 N–H and O–H groups in total. The molecule has 0 radical (unpaired) electrons. The number of thioether (sulfide) groups is 3. The molecule has 0 bridgehead atoms. The third kappa shape index (κ3) is 5.70. The van der Waals surface area contributed by atoms with Crippen LogP contribution in [0, 0.1) is 11.8 Å². The average Bonchev–Trinajstić information content (AvgIpc) is 3.69. The van der Waals surface area contributed by atoms with Gasteiger partial charge in [0.25, 0.3) is 0 Å². The van der Waals surface area contributed by atoms with Crippen LogP contribution < -0.4 is 37.6 Å². The van der Waals surface area contributed by atoms with E-state index in [1.807, 2.05) is 41.4 Å². The molecule has 222 valence electrons. The number of allylic oxidation sites excluding steroid dienone is 1. The van der Waals surface area contributed by atoms with Gasteiger partial charge in [0.2, 0.25) is 5.91 Å². The highest BCUT2D eigenvalue weighted by atomic mass is 32.2. The molecule has 6 heterocycles. The summed E-state index contributed by atoms with van der Waals surface area (Å²) in [6, 6.07) is 0.886. The molecule has 1 amide bonds. The van der Waals surface area contributed by atoms with Crippen LogP contribution in [0.15, 0.2) is 11.1 Å². The predicted octanol–water partition coefficient (Wildman–Crippen LogP) is -1.79. The number of ketones is 1. The van der Waals surface area contributed by atoms with E-state index in [-0.39, 0.29) is 57.4 Å². The fourth-order valence-corrected chi connectivity index (χ4v) is 12.4. The van der Waals surface area contributed by atoms with Crippen LogP contribution in [0.2, 0.25) is 0 Å². The molecule has 11 atom stereocenters. The molecule has 7 rings (SSSR count). The molecule has 0 aromatic rings. The summed E-state index contributed by atoms with van der Waals surface area (Å²) in [5, 5.41) is 23.7. The second-order valence-corrected chi connectivity index (χ2v) is 15.8. The molecule has 11 nitrogen and oxygen atoms in total. The molecule has 7 aliphatic rings. The van der Waals surface area contributed by atoms with Crippen molar-refractivity contribution in [2.24, 2.45) is 11.8 Å². The van der Waals surface area contributed by atoms with E-state index in [0.717, 1.165) is 50.1 Å². The topological polar surface area (TPSA) is 146 Å². The summed E-state index contributed by atoms with van der Waals surface area (Å²) >= 11 is 5.66. The van der Waals surface area contributed by atoms with Crippen molar-refractivity contribution in [3.8, 4) is 0 Å². The highest BCUT2D eigenvalue weighted by molar-refractivity contribution is 8.07. The Morgan fingerprint density at radius 3 is 2.77 bits per heavy atom. The van der Waals surface area contributed by atoms with Crippen LogP contribution in [0.1, 0.15) is 25.7 Å². The highest BCUT2D eigenvalue weighted by Gasteiger charge is 2.51. The minimum absolute atomic E-state index is 0.0479. The number of hydrogen-bond donors (Lipinski definition) is 7. The van der Waals surface area contributed by atoms with Crippen LogP contribution in [-0.4, -0.2) is 114 Å². The molecule has 14 heteroatoms.